The topological polar surface area (TPSA) is 145 Å². The van der Waals surface area contributed by atoms with E-state index >= 15 is 0 Å². The summed E-state index contributed by atoms with van der Waals surface area (Å²) in [5, 5.41) is 11.5. The van der Waals surface area contributed by atoms with Gasteiger partial charge >= 0.3 is 23.7 Å². The van der Waals surface area contributed by atoms with E-state index in [0.717, 1.165) is 50.5 Å². The molecule has 4 aliphatic carbocycles. The molecule has 1 aliphatic heterocycles. The van der Waals surface area contributed by atoms with Gasteiger partial charge in [-0.15, -0.1) is 0 Å². The lowest BCUT2D eigenvalue weighted by atomic mass is 9.44. The molecule has 5 fully saturated rings. The summed E-state index contributed by atoms with van der Waals surface area (Å²) in [6.07, 6.45) is 7.31. The zero-order valence-corrected chi connectivity index (χ0v) is 24.1. The Morgan fingerprint density at radius 2 is 1.88 bits per heavy atom. The molecular formula is C31H41NO9. The van der Waals surface area contributed by atoms with Gasteiger partial charge in [-0.05, 0) is 86.2 Å². The predicted molar refractivity (Wildman–Crippen MR) is 145 cm³/mol. The fourth-order valence-electron chi connectivity index (χ4n) is 9.81. The molecule has 0 aromatic carbocycles. The molecule has 1 aromatic rings. The average molecular weight is 572 g/mol. The molecule has 10 nitrogen and oxygen atoms in total. The summed E-state index contributed by atoms with van der Waals surface area (Å²) in [5.41, 5.74) is -0.0650. The largest absolute Gasteiger partial charge is 0.481 e. The molecule has 0 unspecified atom stereocenters. The van der Waals surface area contributed by atoms with E-state index in [1.54, 1.807) is 0 Å². The number of amides is 1. The number of ether oxygens (including phenoxy) is 3. The van der Waals surface area contributed by atoms with Crippen molar-refractivity contribution in [2.75, 3.05) is 6.54 Å². The first-order chi connectivity index (χ1) is 19.5. The number of nitrogens with one attached hydrogen (secondary N) is 1. The summed E-state index contributed by atoms with van der Waals surface area (Å²) in [5.74, 6) is -0.0981. The van der Waals surface area contributed by atoms with Crippen LogP contribution in [-0.4, -0.2) is 53.6 Å². The van der Waals surface area contributed by atoms with Gasteiger partial charge in [-0.25, -0.2) is 9.59 Å². The molecule has 1 amide bonds. The van der Waals surface area contributed by atoms with E-state index in [4.69, 9.17) is 23.7 Å². The molecule has 0 radical (unpaired) electrons. The molecule has 10 heteroatoms. The van der Waals surface area contributed by atoms with E-state index in [2.05, 4.69) is 19.2 Å². The van der Waals surface area contributed by atoms with Gasteiger partial charge in [-0.1, -0.05) is 13.8 Å². The van der Waals surface area contributed by atoms with Crippen molar-refractivity contribution in [3.63, 3.8) is 0 Å². The highest BCUT2D eigenvalue weighted by Crippen LogP contribution is 2.78. The van der Waals surface area contributed by atoms with Crippen LogP contribution >= 0.6 is 0 Å². The highest BCUT2D eigenvalue weighted by molar-refractivity contribution is 5.68. The van der Waals surface area contributed by atoms with E-state index in [-0.39, 0.29) is 53.5 Å². The monoisotopic (exact) mass is 571 g/mol. The molecule has 2 N–H and O–H groups in total. The second kappa shape index (κ2) is 10.1. The van der Waals surface area contributed by atoms with Crippen molar-refractivity contribution in [1.29, 1.82) is 0 Å². The summed E-state index contributed by atoms with van der Waals surface area (Å²) in [6.45, 7) is 6.41. The summed E-state index contributed by atoms with van der Waals surface area (Å²) < 4.78 is 23.7. The van der Waals surface area contributed by atoms with Crippen molar-refractivity contribution in [2.45, 2.75) is 108 Å². The molecule has 224 valence electrons. The van der Waals surface area contributed by atoms with E-state index in [0.29, 0.717) is 24.2 Å². The number of rotatable bonds is 7. The zero-order chi connectivity index (χ0) is 29.2. The van der Waals surface area contributed by atoms with E-state index < -0.39 is 23.8 Å². The first-order valence-corrected chi connectivity index (χ1v) is 15.1. The maximum Gasteiger partial charge on any atom is 0.407 e. The van der Waals surface area contributed by atoms with Crippen LogP contribution in [0.1, 0.15) is 90.0 Å². The second-order valence-electron chi connectivity index (χ2n) is 13.4. The molecule has 41 heavy (non-hydrogen) atoms. The summed E-state index contributed by atoms with van der Waals surface area (Å²) in [7, 11) is 0. The number of epoxide rings is 1. The Bertz CT molecular complexity index is 1260. The van der Waals surface area contributed by atoms with Gasteiger partial charge in [0.1, 0.15) is 23.9 Å². The lowest BCUT2D eigenvalue weighted by Gasteiger charge is -2.61. The fraction of sp³-hybridized carbons (Fsp3) is 0.742. The first kappa shape index (κ1) is 28.2. The Labute approximate surface area is 239 Å². The van der Waals surface area contributed by atoms with Crippen molar-refractivity contribution in [3.05, 3.63) is 34.4 Å². The maximum atomic E-state index is 12.3. The molecule has 5 aliphatic rings. The van der Waals surface area contributed by atoms with Gasteiger partial charge in [-0.2, -0.15) is 0 Å². The number of alkyl carbamates (subject to hydrolysis) is 1. The van der Waals surface area contributed by atoms with Crippen molar-refractivity contribution < 1.29 is 38.1 Å². The van der Waals surface area contributed by atoms with Crippen molar-refractivity contribution in [2.24, 2.45) is 28.6 Å². The highest BCUT2D eigenvalue weighted by atomic mass is 16.7. The van der Waals surface area contributed by atoms with Gasteiger partial charge in [0, 0.05) is 37.3 Å². The van der Waals surface area contributed by atoms with Crippen LogP contribution in [0.4, 0.5) is 4.79 Å². The van der Waals surface area contributed by atoms with Crippen molar-refractivity contribution >= 4 is 18.0 Å². The Morgan fingerprint density at radius 1 is 1.07 bits per heavy atom. The molecule has 0 bridgehead atoms. The molecule has 1 saturated heterocycles. The third kappa shape index (κ3) is 4.48. The number of carboxylic acids is 1. The van der Waals surface area contributed by atoms with Crippen LogP contribution in [0.5, 0.6) is 0 Å². The second-order valence-corrected chi connectivity index (χ2v) is 13.4. The molecule has 2 heterocycles. The summed E-state index contributed by atoms with van der Waals surface area (Å²) >= 11 is 0. The Balaban J connectivity index is 1.18. The minimum Gasteiger partial charge on any atom is -0.481 e. The van der Waals surface area contributed by atoms with Crippen molar-refractivity contribution in [1.82, 2.24) is 5.32 Å². The van der Waals surface area contributed by atoms with Crippen LogP contribution in [0.15, 0.2) is 27.6 Å². The number of carbonyl (C=O) groups is 3. The SMILES string of the molecule is CC(=O)O[C@H]1[C@H]2O[C@]23[C@@H]2CC[C@@H]4C[C@@H](OC(=O)NCCCC(=O)O)CC[C@]4(C)[C@H]2CC[C@]3(C)[C@H]1c1ccc(=O)oc1. The molecule has 6 rings (SSSR count). The van der Waals surface area contributed by atoms with Gasteiger partial charge in [0.25, 0.3) is 0 Å². The van der Waals surface area contributed by atoms with E-state index in [1.807, 2.05) is 6.07 Å². The number of esters is 1. The third-order valence-corrected chi connectivity index (χ3v) is 11.6. The summed E-state index contributed by atoms with van der Waals surface area (Å²) in [6, 6.07) is 3.25. The normalized spacial score (nSPS) is 42.1. The molecule has 4 saturated carbocycles. The lowest BCUT2D eigenvalue weighted by molar-refractivity contribution is -0.158. The third-order valence-electron chi connectivity index (χ3n) is 11.6. The first-order valence-electron chi connectivity index (χ1n) is 15.1. The van der Waals surface area contributed by atoms with Gasteiger partial charge in [0.15, 0.2) is 0 Å². The highest BCUT2D eigenvalue weighted by Gasteiger charge is 2.84. The Hall–Kier alpha value is -2.88. The minimum absolute atomic E-state index is 0.0158. The van der Waals surface area contributed by atoms with Gasteiger partial charge < -0.3 is 29.1 Å². The number of fused-ring (bicyclic) bond motifs is 3. The zero-order valence-electron chi connectivity index (χ0n) is 24.1. The van der Waals surface area contributed by atoms with Crippen LogP contribution < -0.4 is 10.9 Å². The molecule has 1 aromatic heterocycles. The standard InChI is InChI=1S/C31H41NO9/c1-17(33)39-26-25(18-6-9-24(36)38-16-18)30(3)13-11-21-22(31(30)27(26)41-31)8-7-19-15-20(10-12-29(19,21)2)40-28(37)32-14-4-5-23(34)35/h6,9,16,19-22,25-27H,4-5,7-8,10-15H2,1-3H3,(H,32,37)(H,34,35)/t19-,20+,21+,22-,25+,26-,27-,29+,30-,31-/m1/s1. The molecular weight excluding hydrogens is 530 g/mol. The maximum absolute atomic E-state index is 12.3. The quantitative estimate of drug-likeness (QED) is 0.276. The van der Waals surface area contributed by atoms with Crippen LogP contribution in [-0.2, 0) is 23.8 Å². The smallest absolute Gasteiger partial charge is 0.407 e. The van der Waals surface area contributed by atoms with E-state index in [9.17, 15) is 19.2 Å². The number of carbonyl (C=O) groups excluding carboxylic acids is 2. The number of carboxylic acid groups (broad SMARTS) is 1. The van der Waals surface area contributed by atoms with Crippen LogP contribution in [0.25, 0.3) is 0 Å². The Kier molecular flexibility index (Phi) is 6.98. The summed E-state index contributed by atoms with van der Waals surface area (Å²) in [4.78, 5) is 47.0. The van der Waals surface area contributed by atoms with E-state index in [1.165, 1.54) is 19.3 Å². The number of aliphatic carboxylic acids is 1. The van der Waals surface area contributed by atoms with Crippen LogP contribution in [0.2, 0.25) is 0 Å². The Morgan fingerprint density at radius 3 is 2.59 bits per heavy atom. The number of hydrogen-bond donors (Lipinski definition) is 2. The van der Waals surface area contributed by atoms with Gasteiger partial charge in [-0.3, -0.25) is 9.59 Å². The predicted octanol–water partition coefficient (Wildman–Crippen LogP) is 4.40. The minimum atomic E-state index is -0.878. The van der Waals surface area contributed by atoms with Crippen LogP contribution in [0.3, 0.4) is 0 Å². The number of hydrogen-bond acceptors (Lipinski definition) is 8. The lowest BCUT2D eigenvalue weighted by Crippen LogP contribution is -2.58. The van der Waals surface area contributed by atoms with Gasteiger partial charge in [0.2, 0.25) is 0 Å². The molecule has 10 atom stereocenters. The van der Waals surface area contributed by atoms with Gasteiger partial charge in [0.05, 0.1) is 6.26 Å². The van der Waals surface area contributed by atoms with Crippen LogP contribution in [0, 0.1) is 28.6 Å². The average Bonchev–Trinajstić information content (AvgIpc) is 3.62. The van der Waals surface area contributed by atoms with Crippen molar-refractivity contribution in [3.8, 4) is 0 Å². The fourth-order valence-corrected chi connectivity index (χ4v) is 9.81. The molecule has 1 spiro atoms.